The molecule has 0 spiro atoms. The summed E-state index contributed by atoms with van der Waals surface area (Å²) >= 11 is 0. The number of aromatic nitrogens is 1. The second-order valence-electron chi connectivity index (χ2n) is 7.70. The summed E-state index contributed by atoms with van der Waals surface area (Å²) in [5, 5.41) is 5.40. The number of anilines is 2. The molecule has 0 radical (unpaired) electrons. The minimum atomic E-state index is -4.46. The van der Waals surface area contributed by atoms with Gasteiger partial charge in [0.15, 0.2) is 0 Å². The third-order valence-electron chi connectivity index (χ3n) is 5.23. The van der Waals surface area contributed by atoms with Crippen LogP contribution in [0.5, 0.6) is 11.6 Å². The molecule has 0 saturated carbocycles. The summed E-state index contributed by atoms with van der Waals surface area (Å²) in [6.07, 6.45) is -2.20. The Kier molecular flexibility index (Phi) is 6.40. The summed E-state index contributed by atoms with van der Waals surface area (Å²) in [6.45, 7) is 3.17. The maximum Gasteiger partial charge on any atom is 0.416 e. The van der Waals surface area contributed by atoms with Crippen molar-refractivity contribution < 1.29 is 27.5 Å². The molecule has 1 aliphatic heterocycles. The highest BCUT2D eigenvalue weighted by Crippen LogP contribution is 2.30. The number of benzene rings is 2. The second-order valence-corrected chi connectivity index (χ2v) is 7.70. The van der Waals surface area contributed by atoms with Crippen molar-refractivity contribution in [3.8, 4) is 11.6 Å². The van der Waals surface area contributed by atoms with Crippen LogP contribution in [0.1, 0.15) is 27.9 Å². The number of hydrogen-bond acceptors (Lipinski definition) is 4. The van der Waals surface area contributed by atoms with Gasteiger partial charge in [0.2, 0.25) is 5.88 Å². The lowest BCUT2D eigenvalue weighted by atomic mass is 10.1. The van der Waals surface area contributed by atoms with Crippen LogP contribution in [0.2, 0.25) is 0 Å². The van der Waals surface area contributed by atoms with Crippen molar-refractivity contribution in [2.45, 2.75) is 19.5 Å². The Bertz CT molecular complexity index is 1200. The normalized spacial score (nSPS) is 13.9. The number of ether oxygens (including phenoxy) is 1. The van der Waals surface area contributed by atoms with Crippen LogP contribution in [0, 0.1) is 6.92 Å². The van der Waals surface area contributed by atoms with Crippen LogP contribution in [0.25, 0.3) is 0 Å². The van der Waals surface area contributed by atoms with E-state index in [2.05, 4.69) is 15.6 Å². The van der Waals surface area contributed by atoms with Gasteiger partial charge in [-0.05, 0) is 67.4 Å². The molecule has 3 amide bonds. The fourth-order valence-corrected chi connectivity index (χ4v) is 3.43. The van der Waals surface area contributed by atoms with Crippen LogP contribution in [0.3, 0.4) is 0 Å². The van der Waals surface area contributed by atoms with Crippen LogP contribution >= 0.6 is 0 Å². The number of urea groups is 1. The molecular weight excluding hydrogens is 449 g/mol. The summed E-state index contributed by atoms with van der Waals surface area (Å²) in [5.41, 5.74) is 1.22. The van der Waals surface area contributed by atoms with E-state index in [9.17, 15) is 22.8 Å². The van der Waals surface area contributed by atoms with Gasteiger partial charge in [0, 0.05) is 30.4 Å². The Morgan fingerprint density at radius 1 is 1.12 bits per heavy atom. The summed E-state index contributed by atoms with van der Waals surface area (Å²) < 4.78 is 43.8. The molecule has 2 aromatic carbocycles. The molecule has 0 aliphatic carbocycles. The molecule has 1 fully saturated rings. The lowest BCUT2D eigenvalue weighted by Crippen LogP contribution is -2.46. The predicted octanol–water partition coefficient (Wildman–Crippen LogP) is 5.37. The van der Waals surface area contributed by atoms with Gasteiger partial charge in [-0.3, -0.25) is 9.69 Å². The molecule has 176 valence electrons. The summed E-state index contributed by atoms with van der Waals surface area (Å²) in [7, 11) is 0. The Balaban J connectivity index is 1.39. The number of hydrogen-bond donors (Lipinski definition) is 2. The van der Waals surface area contributed by atoms with E-state index in [4.69, 9.17) is 4.74 Å². The first kappa shape index (κ1) is 23.1. The van der Waals surface area contributed by atoms with Gasteiger partial charge >= 0.3 is 12.2 Å². The molecule has 2 N–H and O–H groups in total. The molecule has 3 aromatic rings. The number of rotatable bonds is 5. The predicted molar refractivity (Wildman–Crippen MR) is 120 cm³/mol. The van der Waals surface area contributed by atoms with Crippen molar-refractivity contribution in [2.75, 3.05) is 23.3 Å². The van der Waals surface area contributed by atoms with Gasteiger partial charge in [-0.25, -0.2) is 9.78 Å². The summed E-state index contributed by atoms with van der Waals surface area (Å²) in [6, 6.07) is 12.4. The first-order chi connectivity index (χ1) is 16.2. The lowest BCUT2D eigenvalue weighted by molar-refractivity contribution is -0.137. The molecule has 1 aliphatic rings. The molecule has 0 bridgehead atoms. The number of nitrogens with one attached hydrogen (secondary N) is 2. The molecule has 1 aromatic heterocycles. The van der Waals surface area contributed by atoms with E-state index in [1.807, 2.05) is 13.0 Å². The average Bonchev–Trinajstić information content (AvgIpc) is 2.81. The number of halogens is 3. The SMILES string of the molecule is Cc1cc(N2CCCNC2=O)ccc1Oc1ccc(NC(=O)c2ccc(C(F)(F)F)cc2)cn1. The first-order valence-electron chi connectivity index (χ1n) is 10.5. The third kappa shape index (κ3) is 5.28. The van der Waals surface area contributed by atoms with Crippen molar-refractivity contribution in [2.24, 2.45) is 0 Å². The molecular formula is C24H21F3N4O3. The van der Waals surface area contributed by atoms with Crippen molar-refractivity contribution in [3.05, 3.63) is 77.5 Å². The molecule has 2 heterocycles. The maximum atomic E-state index is 12.7. The minimum absolute atomic E-state index is 0.0893. The lowest BCUT2D eigenvalue weighted by Gasteiger charge is -2.28. The Labute approximate surface area is 193 Å². The fraction of sp³-hybridized carbons (Fsp3) is 0.208. The average molecular weight is 470 g/mol. The Morgan fingerprint density at radius 2 is 1.88 bits per heavy atom. The van der Waals surface area contributed by atoms with Crippen molar-refractivity contribution in [3.63, 3.8) is 0 Å². The third-order valence-corrected chi connectivity index (χ3v) is 5.23. The van der Waals surface area contributed by atoms with Gasteiger partial charge in [-0.1, -0.05) is 0 Å². The molecule has 1 saturated heterocycles. The highest BCUT2D eigenvalue weighted by atomic mass is 19.4. The highest BCUT2D eigenvalue weighted by Gasteiger charge is 2.30. The Morgan fingerprint density at radius 3 is 2.50 bits per heavy atom. The summed E-state index contributed by atoms with van der Waals surface area (Å²) in [4.78, 5) is 30.2. The zero-order valence-electron chi connectivity index (χ0n) is 18.1. The molecule has 7 nitrogen and oxygen atoms in total. The Hall–Kier alpha value is -4.08. The van der Waals surface area contributed by atoms with E-state index in [0.717, 1.165) is 41.9 Å². The van der Waals surface area contributed by atoms with E-state index in [1.165, 1.54) is 6.20 Å². The van der Waals surface area contributed by atoms with Gasteiger partial charge in [-0.15, -0.1) is 0 Å². The number of nitrogens with zero attached hydrogens (tertiary/aromatic N) is 2. The van der Waals surface area contributed by atoms with Crippen molar-refractivity contribution >= 4 is 23.3 Å². The standard InChI is InChI=1S/C24H21F3N4O3/c1-15-13-19(31-12-2-11-28-23(31)33)8-9-20(15)34-21-10-7-18(14-29-21)30-22(32)16-3-5-17(6-4-16)24(25,26)27/h3-10,13-14H,2,11-12H2,1H3,(H,28,33)(H,30,32). The number of aryl methyl sites for hydroxylation is 1. The van der Waals surface area contributed by atoms with Crippen LogP contribution in [0.4, 0.5) is 29.3 Å². The maximum absolute atomic E-state index is 12.7. The smallest absolute Gasteiger partial charge is 0.416 e. The van der Waals surface area contributed by atoms with E-state index in [1.54, 1.807) is 29.2 Å². The molecule has 34 heavy (non-hydrogen) atoms. The first-order valence-corrected chi connectivity index (χ1v) is 10.5. The van der Waals surface area contributed by atoms with E-state index in [-0.39, 0.29) is 11.6 Å². The number of carbonyl (C=O) groups is 2. The zero-order chi connectivity index (χ0) is 24.3. The number of pyridine rings is 1. The van der Waals surface area contributed by atoms with Gasteiger partial charge in [0.25, 0.3) is 5.91 Å². The minimum Gasteiger partial charge on any atom is -0.439 e. The van der Waals surface area contributed by atoms with Crippen molar-refractivity contribution in [1.29, 1.82) is 0 Å². The highest BCUT2D eigenvalue weighted by molar-refractivity contribution is 6.04. The number of amides is 3. The molecule has 0 atom stereocenters. The van der Waals surface area contributed by atoms with Crippen LogP contribution in [-0.4, -0.2) is 30.0 Å². The van der Waals surface area contributed by atoms with Crippen LogP contribution < -0.4 is 20.3 Å². The largest absolute Gasteiger partial charge is 0.439 e. The van der Waals surface area contributed by atoms with Gasteiger partial charge in [0.1, 0.15) is 5.75 Å². The van der Waals surface area contributed by atoms with E-state index < -0.39 is 17.6 Å². The van der Waals surface area contributed by atoms with Crippen molar-refractivity contribution in [1.82, 2.24) is 10.3 Å². The van der Waals surface area contributed by atoms with E-state index in [0.29, 0.717) is 30.4 Å². The molecule has 10 heteroatoms. The fourth-order valence-electron chi connectivity index (χ4n) is 3.43. The molecule has 0 unspecified atom stereocenters. The van der Waals surface area contributed by atoms with Gasteiger partial charge in [-0.2, -0.15) is 13.2 Å². The number of alkyl halides is 3. The molecule has 4 rings (SSSR count). The van der Waals surface area contributed by atoms with Gasteiger partial charge < -0.3 is 15.4 Å². The van der Waals surface area contributed by atoms with Crippen LogP contribution in [0.15, 0.2) is 60.8 Å². The van der Waals surface area contributed by atoms with E-state index >= 15 is 0 Å². The van der Waals surface area contributed by atoms with Gasteiger partial charge in [0.05, 0.1) is 17.4 Å². The monoisotopic (exact) mass is 470 g/mol. The van der Waals surface area contributed by atoms with Crippen LogP contribution in [-0.2, 0) is 6.18 Å². The quantitative estimate of drug-likeness (QED) is 0.525. The zero-order valence-corrected chi connectivity index (χ0v) is 18.1. The second kappa shape index (κ2) is 9.42. The topological polar surface area (TPSA) is 83.6 Å². The summed E-state index contributed by atoms with van der Waals surface area (Å²) in [5.74, 6) is 0.298. The number of carbonyl (C=O) groups excluding carboxylic acids is 2.